The van der Waals surface area contributed by atoms with Gasteiger partial charge in [-0.25, -0.2) is 9.97 Å². The molecule has 0 spiro atoms. The third-order valence-corrected chi connectivity index (χ3v) is 6.75. The molecule has 0 aliphatic carbocycles. The number of nitrogens with zero attached hydrogens (tertiary/aromatic N) is 2. The fraction of sp³-hybridized carbons (Fsp3) is 0.0952. The molecule has 2 heterocycles. The lowest BCUT2D eigenvalue weighted by Gasteiger charge is -2.06. The van der Waals surface area contributed by atoms with Crippen LogP contribution in [-0.4, -0.2) is 26.8 Å². The van der Waals surface area contributed by atoms with Gasteiger partial charge >= 0.3 is 5.97 Å². The minimum Gasteiger partial charge on any atom is -0.487 e. The number of benzene rings is 2. The average molecular weight is 441 g/mol. The first-order chi connectivity index (χ1) is 14.2. The standard InChI is InChI=1S/C21H16N2O3S3/c24-20(25)12-28-19(21-23-17-3-1-2-4-18(17)29-21)9-14-5-7-16(8-6-14)26-10-15-11-27-13-22-15/h1-9,11,13H,10,12H2,(H,24,25)/b19-9+. The van der Waals surface area contributed by atoms with E-state index in [-0.39, 0.29) is 5.75 Å². The van der Waals surface area contributed by atoms with Gasteiger partial charge in [-0.3, -0.25) is 4.79 Å². The monoisotopic (exact) mass is 440 g/mol. The van der Waals surface area contributed by atoms with Crippen LogP contribution in [0, 0.1) is 0 Å². The summed E-state index contributed by atoms with van der Waals surface area (Å²) in [4.78, 5) is 20.8. The van der Waals surface area contributed by atoms with Crippen molar-refractivity contribution in [3.8, 4) is 5.75 Å². The highest BCUT2D eigenvalue weighted by Gasteiger charge is 2.12. The fourth-order valence-electron chi connectivity index (χ4n) is 2.56. The van der Waals surface area contributed by atoms with E-state index in [1.807, 2.05) is 60.0 Å². The molecule has 0 radical (unpaired) electrons. The highest BCUT2D eigenvalue weighted by atomic mass is 32.2. The molecular formula is C21H16N2O3S3. The van der Waals surface area contributed by atoms with Gasteiger partial charge < -0.3 is 9.84 Å². The van der Waals surface area contributed by atoms with E-state index in [1.54, 1.807) is 28.2 Å². The van der Waals surface area contributed by atoms with Crippen LogP contribution in [0.5, 0.6) is 5.75 Å². The Hall–Kier alpha value is -2.68. The van der Waals surface area contributed by atoms with Crippen molar-refractivity contribution in [2.45, 2.75) is 6.61 Å². The minimum absolute atomic E-state index is 0.0173. The smallest absolute Gasteiger partial charge is 0.313 e. The third kappa shape index (κ3) is 5.23. The Kier molecular flexibility index (Phi) is 6.24. The molecule has 1 N–H and O–H groups in total. The Morgan fingerprint density at radius 3 is 2.72 bits per heavy atom. The van der Waals surface area contributed by atoms with E-state index in [0.717, 1.165) is 37.1 Å². The first-order valence-electron chi connectivity index (χ1n) is 8.69. The normalized spacial score (nSPS) is 11.7. The van der Waals surface area contributed by atoms with E-state index in [2.05, 4.69) is 9.97 Å². The van der Waals surface area contributed by atoms with Crippen LogP contribution in [0.15, 0.2) is 59.4 Å². The second-order valence-electron chi connectivity index (χ2n) is 6.02. The van der Waals surface area contributed by atoms with Gasteiger partial charge in [0.1, 0.15) is 17.4 Å². The number of rotatable bonds is 8. The Morgan fingerprint density at radius 1 is 1.17 bits per heavy atom. The van der Waals surface area contributed by atoms with Crippen LogP contribution >= 0.6 is 34.4 Å². The molecule has 0 bridgehead atoms. The lowest BCUT2D eigenvalue weighted by Crippen LogP contribution is -1.98. The molecule has 0 atom stereocenters. The number of fused-ring (bicyclic) bond motifs is 1. The van der Waals surface area contributed by atoms with Crippen molar-refractivity contribution in [1.82, 2.24) is 9.97 Å². The number of thioether (sulfide) groups is 1. The second kappa shape index (κ2) is 9.21. The molecule has 8 heteroatoms. The number of carboxylic acid groups (broad SMARTS) is 1. The molecule has 2 aromatic heterocycles. The van der Waals surface area contributed by atoms with Gasteiger partial charge in [0.05, 0.1) is 27.2 Å². The molecule has 4 rings (SSSR count). The lowest BCUT2D eigenvalue weighted by molar-refractivity contribution is -0.133. The summed E-state index contributed by atoms with van der Waals surface area (Å²) >= 11 is 4.38. The van der Waals surface area contributed by atoms with Crippen molar-refractivity contribution in [3.05, 3.63) is 75.7 Å². The molecule has 0 saturated carbocycles. The van der Waals surface area contributed by atoms with Crippen molar-refractivity contribution in [1.29, 1.82) is 0 Å². The number of ether oxygens (including phenoxy) is 1. The first-order valence-corrected chi connectivity index (χ1v) is 11.4. The van der Waals surface area contributed by atoms with E-state index < -0.39 is 5.97 Å². The largest absolute Gasteiger partial charge is 0.487 e. The highest BCUT2D eigenvalue weighted by molar-refractivity contribution is 8.09. The zero-order valence-electron chi connectivity index (χ0n) is 15.1. The zero-order valence-corrected chi connectivity index (χ0v) is 17.6. The molecule has 0 saturated heterocycles. The van der Waals surface area contributed by atoms with E-state index in [9.17, 15) is 4.79 Å². The molecular weight excluding hydrogens is 424 g/mol. The number of aliphatic carboxylic acids is 1. The average Bonchev–Trinajstić information content (AvgIpc) is 3.39. The van der Waals surface area contributed by atoms with Crippen molar-refractivity contribution in [3.63, 3.8) is 0 Å². The van der Waals surface area contributed by atoms with Crippen LogP contribution in [0.2, 0.25) is 0 Å². The highest BCUT2D eigenvalue weighted by Crippen LogP contribution is 2.35. The number of thiazole rings is 2. The summed E-state index contributed by atoms with van der Waals surface area (Å²) in [6.07, 6.45) is 1.97. The molecule has 2 aromatic carbocycles. The van der Waals surface area contributed by atoms with Crippen molar-refractivity contribution >= 4 is 61.6 Å². The number of carbonyl (C=O) groups is 1. The van der Waals surface area contributed by atoms with Crippen LogP contribution in [0.25, 0.3) is 21.2 Å². The van der Waals surface area contributed by atoms with Crippen molar-refractivity contribution in [2.75, 3.05) is 5.75 Å². The molecule has 146 valence electrons. The minimum atomic E-state index is -0.854. The summed E-state index contributed by atoms with van der Waals surface area (Å²) in [7, 11) is 0. The lowest BCUT2D eigenvalue weighted by atomic mass is 10.2. The Morgan fingerprint density at radius 2 is 2.00 bits per heavy atom. The first kappa shape index (κ1) is 19.6. The van der Waals surface area contributed by atoms with Gasteiger partial charge in [-0.15, -0.1) is 34.4 Å². The number of para-hydroxylation sites is 1. The van der Waals surface area contributed by atoms with Crippen LogP contribution in [0.1, 0.15) is 16.3 Å². The maximum atomic E-state index is 11.1. The van der Waals surface area contributed by atoms with Gasteiger partial charge in [-0.1, -0.05) is 24.3 Å². The van der Waals surface area contributed by atoms with E-state index in [0.29, 0.717) is 6.61 Å². The van der Waals surface area contributed by atoms with E-state index in [1.165, 1.54) is 11.8 Å². The predicted octanol–water partition coefficient (Wildman–Crippen LogP) is 5.65. The molecule has 4 aromatic rings. The maximum Gasteiger partial charge on any atom is 0.313 e. The Balaban J connectivity index is 1.55. The van der Waals surface area contributed by atoms with Gasteiger partial charge in [0.2, 0.25) is 0 Å². The number of carboxylic acids is 1. The van der Waals surface area contributed by atoms with Gasteiger partial charge in [0, 0.05) is 10.3 Å². The van der Waals surface area contributed by atoms with Crippen molar-refractivity contribution < 1.29 is 14.6 Å². The van der Waals surface area contributed by atoms with Crippen LogP contribution in [0.4, 0.5) is 0 Å². The maximum absolute atomic E-state index is 11.1. The summed E-state index contributed by atoms with van der Waals surface area (Å²) in [5.41, 5.74) is 4.56. The quantitative estimate of drug-likeness (QED) is 0.382. The number of hydrogen-bond acceptors (Lipinski definition) is 7. The summed E-state index contributed by atoms with van der Waals surface area (Å²) < 4.78 is 6.82. The molecule has 0 unspecified atom stereocenters. The Bertz CT molecular complexity index is 1100. The summed E-state index contributed by atoms with van der Waals surface area (Å²) in [5, 5.41) is 11.9. The van der Waals surface area contributed by atoms with Crippen LogP contribution in [-0.2, 0) is 11.4 Å². The van der Waals surface area contributed by atoms with Gasteiger partial charge in [0.25, 0.3) is 0 Å². The molecule has 5 nitrogen and oxygen atoms in total. The van der Waals surface area contributed by atoms with Crippen molar-refractivity contribution in [2.24, 2.45) is 0 Å². The molecule has 0 aliphatic heterocycles. The molecule has 0 aliphatic rings. The third-order valence-electron chi connectivity index (χ3n) is 3.90. The van der Waals surface area contributed by atoms with Gasteiger partial charge in [-0.2, -0.15) is 0 Å². The summed E-state index contributed by atoms with van der Waals surface area (Å²) in [6.45, 7) is 0.435. The summed E-state index contributed by atoms with van der Waals surface area (Å²) in [5.74, 6) is -0.112. The fourth-order valence-corrected chi connectivity index (χ4v) is 4.95. The second-order valence-corrected chi connectivity index (χ2v) is 8.78. The zero-order chi connectivity index (χ0) is 20.1. The predicted molar refractivity (Wildman–Crippen MR) is 120 cm³/mol. The van der Waals surface area contributed by atoms with Gasteiger partial charge in [0.15, 0.2) is 0 Å². The van der Waals surface area contributed by atoms with Gasteiger partial charge in [-0.05, 0) is 35.9 Å². The number of hydrogen-bond donors (Lipinski definition) is 1. The topological polar surface area (TPSA) is 72.3 Å². The van der Waals surface area contributed by atoms with E-state index >= 15 is 0 Å². The summed E-state index contributed by atoms with van der Waals surface area (Å²) in [6, 6.07) is 15.6. The Labute approximate surface area is 179 Å². The van der Waals surface area contributed by atoms with Crippen LogP contribution in [0.3, 0.4) is 0 Å². The molecule has 29 heavy (non-hydrogen) atoms. The van der Waals surface area contributed by atoms with Crippen LogP contribution < -0.4 is 4.74 Å². The van der Waals surface area contributed by atoms with E-state index in [4.69, 9.17) is 9.84 Å². The SMILES string of the molecule is O=C(O)CS/C(=C/c1ccc(OCc2cscn2)cc1)c1nc2ccccc2s1. The molecule has 0 fully saturated rings. The number of aromatic nitrogens is 2. The molecule has 0 amide bonds.